The van der Waals surface area contributed by atoms with Crippen molar-refractivity contribution in [3.8, 4) is 22.4 Å². The van der Waals surface area contributed by atoms with E-state index in [0.29, 0.717) is 5.69 Å². The molecule has 0 aliphatic carbocycles. The van der Waals surface area contributed by atoms with E-state index in [1.165, 1.54) is 5.56 Å². The molecular formula is C20H16N2. The van der Waals surface area contributed by atoms with Gasteiger partial charge in [-0.15, -0.1) is 0 Å². The number of aromatic nitrogens is 1. The van der Waals surface area contributed by atoms with E-state index < -0.39 is 0 Å². The maximum absolute atomic E-state index is 7.22. The van der Waals surface area contributed by atoms with Crippen LogP contribution < -0.4 is 0 Å². The predicted molar refractivity (Wildman–Crippen MR) is 90.7 cm³/mol. The number of rotatable bonds is 3. The highest BCUT2D eigenvalue weighted by atomic mass is 14.7. The molecule has 0 amide bonds. The standard InChI is InChI=1S/C20H16N2/c1-3-15-9-11-17(12-10-15)20-19(13-18(21-2)14-22-20)16-7-5-4-6-8-16/h4-14H,3H2,1H3. The second kappa shape index (κ2) is 6.24. The molecule has 0 radical (unpaired) electrons. The predicted octanol–water partition coefficient (Wildman–Crippen LogP) is 5.53. The van der Waals surface area contributed by atoms with Gasteiger partial charge in [-0.3, -0.25) is 4.98 Å². The van der Waals surface area contributed by atoms with Crippen molar-refractivity contribution in [1.29, 1.82) is 0 Å². The first-order valence-corrected chi connectivity index (χ1v) is 7.34. The first-order chi connectivity index (χ1) is 10.8. The van der Waals surface area contributed by atoms with E-state index in [2.05, 4.69) is 53.2 Å². The average molecular weight is 284 g/mol. The van der Waals surface area contributed by atoms with Crippen LogP contribution in [0.25, 0.3) is 27.2 Å². The first kappa shape index (κ1) is 14.0. The molecule has 0 bridgehead atoms. The summed E-state index contributed by atoms with van der Waals surface area (Å²) in [5.41, 5.74) is 5.94. The molecule has 0 aliphatic heterocycles. The smallest absolute Gasteiger partial charge is 0.205 e. The van der Waals surface area contributed by atoms with Crippen LogP contribution in [-0.4, -0.2) is 4.98 Å². The number of hydrogen-bond donors (Lipinski definition) is 0. The zero-order valence-corrected chi connectivity index (χ0v) is 12.5. The fraction of sp³-hybridized carbons (Fsp3) is 0.100. The summed E-state index contributed by atoms with van der Waals surface area (Å²) in [4.78, 5) is 8.04. The lowest BCUT2D eigenvalue weighted by molar-refractivity contribution is 1.14. The van der Waals surface area contributed by atoms with Crippen molar-refractivity contribution >= 4 is 5.69 Å². The molecular weight excluding hydrogens is 268 g/mol. The molecule has 0 saturated carbocycles. The molecule has 2 aromatic carbocycles. The van der Waals surface area contributed by atoms with Crippen molar-refractivity contribution in [1.82, 2.24) is 4.98 Å². The van der Waals surface area contributed by atoms with Crippen LogP contribution in [-0.2, 0) is 6.42 Å². The number of aryl methyl sites for hydroxylation is 1. The second-order valence-corrected chi connectivity index (χ2v) is 5.12. The molecule has 1 heterocycles. The van der Waals surface area contributed by atoms with E-state index >= 15 is 0 Å². The van der Waals surface area contributed by atoms with Gasteiger partial charge in [0.2, 0.25) is 5.69 Å². The molecule has 0 fully saturated rings. The third-order valence-corrected chi connectivity index (χ3v) is 3.72. The van der Waals surface area contributed by atoms with Crippen molar-refractivity contribution in [2.45, 2.75) is 13.3 Å². The molecule has 0 spiro atoms. The van der Waals surface area contributed by atoms with Gasteiger partial charge in [-0.25, -0.2) is 4.85 Å². The Bertz CT molecular complexity index is 813. The van der Waals surface area contributed by atoms with Gasteiger partial charge in [-0.1, -0.05) is 61.5 Å². The van der Waals surface area contributed by atoms with Crippen LogP contribution in [0, 0.1) is 6.57 Å². The van der Waals surface area contributed by atoms with E-state index in [9.17, 15) is 0 Å². The van der Waals surface area contributed by atoms with Gasteiger partial charge < -0.3 is 0 Å². The van der Waals surface area contributed by atoms with Gasteiger partial charge in [-0.2, -0.15) is 0 Å². The summed E-state index contributed by atoms with van der Waals surface area (Å²) in [5.74, 6) is 0. The molecule has 2 heteroatoms. The third-order valence-electron chi connectivity index (χ3n) is 3.72. The Balaban J connectivity index is 2.16. The molecule has 1 aromatic heterocycles. The van der Waals surface area contributed by atoms with Crippen molar-refractivity contribution in [2.75, 3.05) is 0 Å². The van der Waals surface area contributed by atoms with Gasteiger partial charge in [0.05, 0.1) is 12.3 Å². The van der Waals surface area contributed by atoms with Crippen LogP contribution in [0.15, 0.2) is 66.9 Å². The van der Waals surface area contributed by atoms with Gasteiger partial charge in [0, 0.05) is 11.8 Å². The Hall–Kier alpha value is -2.92. The maximum atomic E-state index is 7.22. The average Bonchev–Trinajstić information content (AvgIpc) is 2.62. The van der Waals surface area contributed by atoms with Gasteiger partial charge in [0.1, 0.15) is 0 Å². The SMILES string of the molecule is [C-]#[N+]c1cnc(-c2ccc(CC)cc2)c(-c2ccccc2)c1. The van der Waals surface area contributed by atoms with Crippen LogP contribution in [0.5, 0.6) is 0 Å². The lowest BCUT2D eigenvalue weighted by Crippen LogP contribution is -1.90. The Morgan fingerprint density at radius 2 is 1.68 bits per heavy atom. The summed E-state index contributed by atoms with van der Waals surface area (Å²) < 4.78 is 0. The van der Waals surface area contributed by atoms with Crippen LogP contribution in [0.3, 0.4) is 0 Å². The van der Waals surface area contributed by atoms with Crippen molar-refractivity contribution in [3.05, 3.63) is 83.8 Å². The Morgan fingerprint density at radius 3 is 2.32 bits per heavy atom. The summed E-state index contributed by atoms with van der Waals surface area (Å²) in [6.07, 6.45) is 2.67. The largest absolute Gasteiger partial charge is 0.267 e. The van der Waals surface area contributed by atoms with Crippen molar-refractivity contribution in [3.63, 3.8) is 0 Å². The number of hydrogen-bond acceptors (Lipinski definition) is 1. The molecule has 0 aliphatic rings. The van der Waals surface area contributed by atoms with Gasteiger partial charge in [0.15, 0.2) is 0 Å². The lowest BCUT2D eigenvalue weighted by Gasteiger charge is -2.10. The summed E-state index contributed by atoms with van der Waals surface area (Å²) in [7, 11) is 0. The van der Waals surface area contributed by atoms with Gasteiger partial charge >= 0.3 is 0 Å². The fourth-order valence-electron chi connectivity index (χ4n) is 2.48. The number of benzene rings is 2. The summed E-state index contributed by atoms with van der Waals surface area (Å²) in [5, 5.41) is 0. The molecule has 3 aromatic rings. The fourth-order valence-corrected chi connectivity index (χ4v) is 2.48. The Labute approximate surface area is 130 Å². The van der Waals surface area contributed by atoms with Gasteiger partial charge in [-0.05, 0) is 29.2 Å². The molecule has 22 heavy (non-hydrogen) atoms. The Morgan fingerprint density at radius 1 is 0.955 bits per heavy atom. The van der Waals surface area contributed by atoms with Gasteiger partial charge in [0.25, 0.3) is 0 Å². The van der Waals surface area contributed by atoms with E-state index in [0.717, 1.165) is 28.8 Å². The minimum Gasteiger partial charge on any atom is -0.267 e. The van der Waals surface area contributed by atoms with Crippen LogP contribution in [0.2, 0.25) is 0 Å². The van der Waals surface area contributed by atoms with Crippen LogP contribution in [0.4, 0.5) is 5.69 Å². The minimum absolute atomic E-state index is 0.563. The minimum atomic E-state index is 0.563. The van der Waals surface area contributed by atoms with Crippen LogP contribution in [0.1, 0.15) is 12.5 Å². The second-order valence-electron chi connectivity index (χ2n) is 5.12. The van der Waals surface area contributed by atoms with E-state index in [-0.39, 0.29) is 0 Å². The normalized spacial score (nSPS) is 10.2. The molecule has 0 saturated heterocycles. The summed E-state index contributed by atoms with van der Waals surface area (Å²) in [6, 6.07) is 20.5. The quantitative estimate of drug-likeness (QED) is 0.578. The number of nitrogens with zero attached hydrogens (tertiary/aromatic N) is 2. The van der Waals surface area contributed by atoms with Crippen molar-refractivity contribution < 1.29 is 0 Å². The highest BCUT2D eigenvalue weighted by molar-refractivity contribution is 5.82. The molecule has 2 nitrogen and oxygen atoms in total. The Kier molecular flexibility index (Phi) is 3.98. The summed E-state index contributed by atoms with van der Waals surface area (Å²) >= 11 is 0. The van der Waals surface area contributed by atoms with E-state index in [1.54, 1.807) is 6.20 Å². The monoisotopic (exact) mass is 284 g/mol. The van der Waals surface area contributed by atoms with E-state index in [1.807, 2.05) is 24.3 Å². The molecule has 0 N–H and O–H groups in total. The highest BCUT2D eigenvalue weighted by Crippen LogP contribution is 2.33. The molecule has 106 valence electrons. The van der Waals surface area contributed by atoms with E-state index in [4.69, 9.17) is 6.57 Å². The zero-order chi connectivity index (χ0) is 15.4. The summed E-state index contributed by atoms with van der Waals surface area (Å²) in [6.45, 7) is 9.36. The first-order valence-electron chi connectivity index (χ1n) is 7.34. The van der Waals surface area contributed by atoms with Crippen LogP contribution >= 0.6 is 0 Å². The van der Waals surface area contributed by atoms with Crippen molar-refractivity contribution in [2.24, 2.45) is 0 Å². The molecule has 3 rings (SSSR count). The highest BCUT2D eigenvalue weighted by Gasteiger charge is 2.10. The topological polar surface area (TPSA) is 17.2 Å². The lowest BCUT2D eigenvalue weighted by atomic mass is 9.98. The third kappa shape index (κ3) is 2.75. The number of pyridine rings is 1. The molecule has 0 unspecified atom stereocenters. The molecule has 0 atom stereocenters. The maximum Gasteiger partial charge on any atom is 0.205 e. The zero-order valence-electron chi connectivity index (χ0n) is 12.5.